The molecule has 0 fully saturated rings. The highest BCUT2D eigenvalue weighted by Gasteiger charge is 2.38. The van der Waals surface area contributed by atoms with E-state index >= 15 is 0 Å². The monoisotopic (exact) mass is 322 g/mol. The van der Waals surface area contributed by atoms with Crippen molar-refractivity contribution in [2.45, 2.75) is 18.9 Å². The van der Waals surface area contributed by atoms with Gasteiger partial charge in [0.1, 0.15) is 0 Å². The number of benzene rings is 1. The van der Waals surface area contributed by atoms with Gasteiger partial charge in [0, 0.05) is 18.9 Å². The van der Waals surface area contributed by atoms with Crippen molar-refractivity contribution in [3.05, 3.63) is 58.9 Å². The Bertz CT molecular complexity index is 860. The smallest absolute Gasteiger partial charge is 0.256 e. The van der Waals surface area contributed by atoms with Crippen molar-refractivity contribution < 1.29 is 14.6 Å². The van der Waals surface area contributed by atoms with E-state index in [-0.39, 0.29) is 17.7 Å². The molecule has 1 aromatic carbocycles. The van der Waals surface area contributed by atoms with E-state index in [0.29, 0.717) is 24.3 Å². The van der Waals surface area contributed by atoms with Gasteiger partial charge in [-0.2, -0.15) is 0 Å². The Hall–Kier alpha value is -2.82. The van der Waals surface area contributed by atoms with E-state index < -0.39 is 0 Å². The molecular formula is C19H18N2O3. The summed E-state index contributed by atoms with van der Waals surface area (Å²) in [5, 5.41) is 10.0. The van der Waals surface area contributed by atoms with Gasteiger partial charge in [-0.3, -0.25) is 9.78 Å². The van der Waals surface area contributed by atoms with E-state index in [1.807, 2.05) is 11.0 Å². The normalized spacial score (nSPS) is 18.5. The molecule has 4 rings (SSSR count). The summed E-state index contributed by atoms with van der Waals surface area (Å²) >= 11 is 0. The fraction of sp³-hybridized carbons (Fsp3) is 0.263. The maximum absolute atomic E-state index is 12.9. The molecule has 2 aliphatic rings. The van der Waals surface area contributed by atoms with Crippen LogP contribution in [-0.2, 0) is 12.8 Å². The maximum Gasteiger partial charge on any atom is 0.256 e. The Kier molecular flexibility index (Phi) is 3.30. The highest BCUT2D eigenvalue weighted by atomic mass is 16.5. The molecule has 5 heteroatoms. The van der Waals surface area contributed by atoms with Crippen molar-refractivity contribution in [2.24, 2.45) is 0 Å². The molecule has 0 spiro atoms. The van der Waals surface area contributed by atoms with Crippen LogP contribution in [0.2, 0.25) is 0 Å². The second kappa shape index (κ2) is 5.37. The van der Waals surface area contributed by atoms with Crippen molar-refractivity contribution >= 4 is 12.0 Å². The fourth-order valence-corrected chi connectivity index (χ4v) is 3.78. The number of hydrogen-bond acceptors (Lipinski definition) is 4. The molecule has 1 atom stereocenters. The van der Waals surface area contributed by atoms with Gasteiger partial charge in [-0.1, -0.05) is 12.7 Å². The van der Waals surface area contributed by atoms with Gasteiger partial charge < -0.3 is 14.7 Å². The zero-order valence-electron chi connectivity index (χ0n) is 13.5. The number of rotatable bonds is 2. The second-order valence-electron chi connectivity index (χ2n) is 6.15. The van der Waals surface area contributed by atoms with Crippen molar-refractivity contribution in [3.63, 3.8) is 0 Å². The summed E-state index contributed by atoms with van der Waals surface area (Å²) in [5.41, 5.74) is 4.67. The largest absolute Gasteiger partial charge is 0.504 e. The number of methoxy groups -OCH3 is 1. The van der Waals surface area contributed by atoms with Crippen LogP contribution in [-0.4, -0.2) is 34.6 Å². The molecule has 3 heterocycles. The molecule has 1 N–H and O–H groups in total. The SMILES string of the molecule is C=Cc1cncc2c1C[C@@H]1c3cc(OC)c(O)cc3CCN1C2=O. The number of fused-ring (bicyclic) bond motifs is 4. The number of ether oxygens (including phenoxy) is 1. The van der Waals surface area contributed by atoms with Crippen LogP contribution in [0, 0.1) is 0 Å². The van der Waals surface area contributed by atoms with Gasteiger partial charge in [-0.05, 0) is 47.2 Å². The van der Waals surface area contributed by atoms with Crippen LogP contribution in [0.5, 0.6) is 11.5 Å². The van der Waals surface area contributed by atoms with Gasteiger partial charge in [-0.15, -0.1) is 0 Å². The first kappa shape index (κ1) is 14.8. The molecule has 2 aromatic rings. The number of nitrogens with zero attached hydrogens (tertiary/aromatic N) is 2. The molecule has 0 unspecified atom stereocenters. The van der Waals surface area contributed by atoms with Crippen LogP contribution in [0.4, 0.5) is 0 Å². The van der Waals surface area contributed by atoms with Crippen LogP contribution in [0.25, 0.3) is 6.08 Å². The first-order valence-corrected chi connectivity index (χ1v) is 7.94. The summed E-state index contributed by atoms with van der Waals surface area (Å²) in [6.45, 7) is 4.47. The Balaban J connectivity index is 1.87. The average Bonchev–Trinajstić information content (AvgIpc) is 2.60. The van der Waals surface area contributed by atoms with Gasteiger partial charge in [-0.25, -0.2) is 0 Å². The standard InChI is InChI=1S/C19H18N2O3/c1-3-11-9-20-10-15-13(11)7-16-14-8-18(24-2)17(22)6-12(14)4-5-21(16)19(15)23/h3,6,8-10,16,22H,1,4-5,7H2,2H3/t16-/m1/s1. The Labute approximate surface area is 140 Å². The topological polar surface area (TPSA) is 62.7 Å². The minimum absolute atomic E-state index is 0.00939. The lowest BCUT2D eigenvalue weighted by Gasteiger charge is -2.41. The number of phenols is 1. The lowest BCUT2D eigenvalue weighted by molar-refractivity contribution is 0.0630. The fourth-order valence-electron chi connectivity index (χ4n) is 3.78. The number of aromatic nitrogens is 1. The van der Waals surface area contributed by atoms with Crippen molar-refractivity contribution in [3.8, 4) is 11.5 Å². The van der Waals surface area contributed by atoms with Gasteiger partial charge in [0.15, 0.2) is 11.5 Å². The summed E-state index contributed by atoms with van der Waals surface area (Å²) in [6.07, 6.45) is 6.57. The number of carbonyl (C=O) groups excluding carboxylic acids is 1. The number of hydrogen-bond donors (Lipinski definition) is 1. The summed E-state index contributed by atoms with van der Waals surface area (Å²) in [5.74, 6) is 0.589. The zero-order chi connectivity index (χ0) is 16.8. The third-order valence-corrected chi connectivity index (χ3v) is 5.00. The predicted molar refractivity (Wildman–Crippen MR) is 90.2 cm³/mol. The van der Waals surface area contributed by atoms with Crippen molar-refractivity contribution in [1.29, 1.82) is 0 Å². The first-order chi connectivity index (χ1) is 11.6. The Morgan fingerprint density at radius 2 is 2.25 bits per heavy atom. The predicted octanol–water partition coefficient (Wildman–Crippen LogP) is 2.73. The minimum atomic E-state index is -0.0515. The Morgan fingerprint density at radius 3 is 3.00 bits per heavy atom. The molecule has 2 aliphatic heterocycles. The van der Waals surface area contributed by atoms with Crippen LogP contribution in [0.15, 0.2) is 31.1 Å². The number of amides is 1. The second-order valence-corrected chi connectivity index (χ2v) is 6.15. The Morgan fingerprint density at radius 1 is 1.42 bits per heavy atom. The van der Waals surface area contributed by atoms with Crippen molar-refractivity contribution in [1.82, 2.24) is 9.88 Å². The summed E-state index contributed by atoms with van der Waals surface area (Å²) in [4.78, 5) is 19.0. The molecule has 1 aromatic heterocycles. The van der Waals surface area contributed by atoms with Gasteiger partial charge in [0.25, 0.3) is 5.91 Å². The first-order valence-electron chi connectivity index (χ1n) is 7.94. The summed E-state index contributed by atoms with van der Waals surface area (Å²) < 4.78 is 5.25. The average molecular weight is 322 g/mol. The number of aromatic hydroxyl groups is 1. The van der Waals surface area contributed by atoms with Crippen LogP contribution >= 0.6 is 0 Å². The van der Waals surface area contributed by atoms with E-state index in [1.54, 1.807) is 24.5 Å². The van der Waals surface area contributed by atoms with Crippen LogP contribution in [0.1, 0.15) is 38.7 Å². The van der Waals surface area contributed by atoms with Crippen LogP contribution in [0.3, 0.4) is 0 Å². The van der Waals surface area contributed by atoms with E-state index in [1.165, 1.54) is 7.11 Å². The summed E-state index contributed by atoms with van der Waals surface area (Å²) in [7, 11) is 1.53. The minimum Gasteiger partial charge on any atom is -0.504 e. The lowest BCUT2D eigenvalue weighted by Crippen LogP contribution is -2.44. The molecular weight excluding hydrogens is 304 g/mol. The zero-order valence-corrected chi connectivity index (χ0v) is 13.5. The van der Waals surface area contributed by atoms with E-state index in [0.717, 1.165) is 28.7 Å². The highest BCUT2D eigenvalue weighted by molar-refractivity contribution is 5.98. The van der Waals surface area contributed by atoms with E-state index in [9.17, 15) is 9.90 Å². The maximum atomic E-state index is 12.9. The number of phenolic OH excluding ortho intramolecular Hbond substituents is 1. The van der Waals surface area contributed by atoms with E-state index in [4.69, 9.17) is 4.74 Å². The van der Waals surface area contributed by atoms with Gasteiger partial charge in [0.05, 0.1) is 18.7 Å². The molecule has 24 heavy (non-hydrogen) atoms. The number of pyridine rings is 1. The van der Waals surface area contributed by atoms with Gasteiger partial charge in [0.2, 0.25) is 0 Å². The van der Waals surface area contributed by atoms with Crippen molar-refractivity contribution in [2.75, 3.05) is 13.7 Å². The quantitative estimate of drug-likeness (QED) is 0.923. The highest BCUT2D eigenvalue weighted by Crippen LogP contribution is 2.42. The molecule has 5 nitrogen and oxygen atoms in total. The molecule has 122 valence electrons. The molecule has 0 bridgehead atoms. The third kappa shape index (κ3) is 2.01. The molecule has 0 aliphatic carbocycles. The molecule has 0 saturated carbocycles. The molecule has 0 saturated heterocycles. The molecule has 0 radical (unpaired) electrons. The van der Waals surface area contributed by atoms with Crippen LogP contribution < -0.4 is 4.74 Å². The number of carbonyl (C=O) groups is 1. The van der Waals surface area contributed by atoms with E-state index in [2.05, 4.69) is 11.6 Å². The third-order valence-electron chi connectivity index (χ3n) is 5.00. The molecule has 1 amide bonds. The summed E-state index contributed by atoms with van der Waals surface area (Å²) in [6, 6.07) is 3.56. The lowest BCUT2D eigenvalue weighted by atomic mass is 9.82. The van der Waals surface area contributed by atoms with Gasteiger partial charge >= 0.3 is 0 Å².